The Hall–Kier alpha value is -1.52. The molecule has 0 spiro atoms. The average molecular weight is 289 g/mol. The maximum absolute atomic E-state index is 10.7. The number of primary amides is 1. The summed E-state index contributed by atoms with van der Waals surface area (Å²) in [6.07, 6.45) is 1.46. The average Bonchev–Trinajstić information content (AvgIpc) is 2.29. The van der Waals surface area contributed by atoms with Crippen LogP contribution in [0.5, 0.6) is 0 Å². The number of amides is 1. The van der Waals surface area contributed by atoms with Crippen LogP contribution in [0.3, 0.4) is 0 Å². The summed E-state index contributed by atoms with van der Waals surface area (Å²) in [4.78, 5) is 20.8. The maximum atomic E-state index is 10.7. The molecule has 0 radical (unpaired) electrons. The fourth-order valence-electron chi connectivity index (χ4n) is 0.868. The van der Waals surface area contributed by atoms with Gasteiger partial charge in [-0.25, -0.2) is 4.79 Å². The molecule has 0 saturated carbocycles. The molecule has 1 unspecified atom stereocenters. The quantitative estimate of drug-likeness (QED) is 0.632. The first-order valence-corrected chi connectivity index (χ1v) is 6.89. The third-order valence-corrected chi connectivity index (χ3v) is 1.60. The van der Waals surface area contributed by atoms with Crippen molar-refractivity contribution in [3.05, 3.63) is 12.7 Å². The third-order valence-electron chi connectivity index (χ3n) is 1.60. The van der Waals surface area contributed by atoms with E-state index in [1.165, 1.54) is 0 Å². The number of carbonyl (C=O) groups excluding carboxylic acids is 2. The minimum absolute atomic E-state index is 0.144. The predicted octanol–water partition coefficient (Wildman–Crippen LogP) is 3.67. The molecule has 1 atom stereocenters. The fourth-order valence-corrected chi connectivity index (χ4v) is 0.868. The number of hydrogen-bond acceptors (Lipinski definition) is 4. The Morgan fingerprint density at radius 1 is 1.30 bits per heavy atom. The van der Waals surface area contributed by atoms with Crippen LogP contribution in [0.1, 0.15) is 54.9 Å². The van der Waals surface area contributed by atoms with Crippen molar-refractivity contribution in [3.63, 3.8) is 0 Å². The largest absolute Gasteiger partial charge is 0.466 e. The minimum Gasteiger partial charge on any atom is -0.466 e. The van der Waals surface area contributed by atoms with E-state index < -0.39 is 11.7 Å². The lowest BCUT2D eigenvalue weighted by molar-refractivity contribution is -0.143. The van der Waals surface area contributed by atoms with E-state index in [1.807, 2.05) is 20.8 Å². The minimum atomic E-state index is -0.725. The highest BCUT2D eigenvalue weighted by Gasteiger charge is 2.12. The van der Waals surface area contributed by atoms with Crippen molar-refractivity contribution in [3.8, 4) is 0 Å². The Morgan fingerprint density at radius 3 is 1.95 bits per heavy atom. The van der Waals surface area contributed by atoms with Crippen molar-refractivity contribution < 1.29 is 19.1 Å². The van der Waals surface area contributed by atoms with Gasteiger partial charge in [-0.15, -0.1) is 6.58 Å². The molecule has 1 amide bonds. The van der Waals surface area contributed by atoms with Gasteiger partial charge in [0.1, 0.15) is 5.60 Å². The normalized spacial score (nSPS) is 10.8. The maximum Gasteiger partial charge on any atom is 0.405 e. The zero-order valence-electron chi connectivity index (χ0n) is 14.0. The van der Waals surface area contributed by atoms with E-state index in [0.717, 1.165) is 0 Å². The van der Waals surface area contributed by atoms with Gasteiger partial charge in [0.15, 0.2) is 0 Å². The zero-order valence-corrected chi connectivity index (χ0v) is 14.0. The van der Waals surface area contributed by atoms with Crippen LogP contribution in [0.25, 0.3) is 0 Å². The molecule has 0 fully saturated rings. The van der Waals surface area contributed by atoms with E-state index in [9.17, 15) is 9.59 Å². The van der Waals surface area contributed by atoms with Crippen LogP contribution in [-0.4, -0.2) is 24.3 Å². The molecular weight excluding hydrogens is 258 g/mol. The van der Waals surface area contributed by atoms with E-state index in [1.54, 1.807) is 33.8 Å². The number of allylic oxidation sites excluding steroid dienone is 1. The van der Waals surface area contributed by atoms with E-state index in [0.29, 0.717) is 13.0 Å². The molecule has 2 N–H and O–H groups in total. The molecule has 0 rings (SSSR count). The second kappa shape index (κ2) is 13.9. The molecule has 0 aliphatic rings. The van der Waals surface area contributed by atoms with Crippen LogP contribution in [0.2, 0.25) is 0 Å². The Labute approximate surface area is 123 Å². The Kier molecular flexibility index (Phi) is 16.4. The first-order valence-electron chi connectivity index (χ1n) is 6.89. The molecule has 0 aromatic rings. The van der Waals surface area contributed by atoms with Gasteiger partial charge in [-0.1, -0.05) is 26.8 Å². The summed E-state index contributed by atoms with van der Waals surface area (Å²) in [5.41, 5.74) is 4.26. The van der Waals surface area contributed by atoms with Gasteiger partial charge in [0.05, 0.1) is 13.0 Å². The second-order valence-electron chi connectivity index (χ2n) is 4.76. The topological polar surface area (TPSA) is 78.6 Å². The summed E-state index contributed by atoms with van der Waals surface area (Å²) in [7, 11) is 0. The number of rotatable bonds is 4. The monoisotopic (exact) mass is 289 g/mol. The van der Waals surface area contributed by atoms with Gasteiger partial charge in [-0.3, -0.25) is 4.79 Å². The van der Waals surface area contributed by atoms with Crippen molar-refractivity contribution >= 4 is 12.1 Å². The molecule has 5 nitrogen and oxygen atoms in total. The SMILES string of the molecule is C=CC(C)CC(=O)OCC.CC.CC(C)(C)OC(N)=O. The first kappa shape index (κ1) is 23.6. The summed E-state index contributed by atoms with van der Waals surface area (Å²) in [6.45, 7) is 17.0. The molecule has 0 aromatic carbocycles. The summed E-state index contributed by atoms with van der Waals surface area (Å²) >= 11 is 0. The van der Waals surface area contributed by atoms with Crippen LogP contribution in [0.15, 0.2) is 12.7 Å². The smallest absolute Gasteiger partial charge is 0.405 e. The lowest BCUT2D eigenvalue weighted by Crippen LogP contribution is -2.27. The Balaban J connectivity index is -0.000000262. The van der Waals surface area contributed by atoms with E-state index in [-0.39, 0.29) is 11.9 Å². The second-order valence-corrected chi connectivity index (χ2v) is 4.76. The van der Waals surface area contributed by atoms with Gasteiger partial charge in [-0.2, -0.15) is 0 Å². The summed E-state index contributed by atoms with van der Waals surface area (Å²) in [6, 6.07) is 0. The lowest BCUT2D eigenvalue weighted by Gasteiger charge is -2.16. The molecule has 0 heterocycles. The predicted molar refractivity (Wildman–Crippen MR) is 82.4 cm³/mol. The Morgan fingerprint density at radius 2 is 1.75 bits per heavy atom. The van der Waals surface area contributed by atoms with Gasteiger partial charge in [-0.05, 0) is 33.6 Å². The molecule has 0 aromatic heterocycles. The van der Waals surface area contributed by atoms with Crippen molar-refractivity contribution in [2.45, 2.75) is 60.5 Å². The molecule has 0 bridgehead atoms. The van der Waals surface area contributed by atoms with Crippen molar-refractivity contribution in [1.82, 2.24) is 0 Å². The summed E-state index contributed by atoms with van der Waals surface area (Å²) in [5, 5.41) is 0. The highest BCUT2D eigenvalue weighted by atomic mass is 16.6. The fraction of sp³-hybridized carbons (Fsp3) is 0.733. The van der Waals surface area contributed by atoms with Crippen molar-refractivity contribution in [1.29, 1.82) is 0 Å². The molecular formula is C15H31NO4. The van der Waals surface area contributed by atoms with E-state index >= 15 is 0 Å². The number of esters is 1. The number of hydrogen-bond donors (Lipinski definition) is 1. The molecule has 120 valence electrons. The Bertz CT molecular complexity index is 270. The molecule has 0 saturated heterocycles. The van der Waals surface area contributed by atoms with Gasteiger partial charge in [0, 0.05) is 0 Å². The highest BCUT2D eigenvalue weighted by molar-refractivity contribution is 5.69. The molecule has 0 aliphatic heterocycles. The number of ether oxygens (including phenoxy) is 2. The van der Waals surface area contributed by atoms with Crippen LogP contribution in [0.4, 0.5) is 4.79 Å². The van der Waals surface area contributed by atoms with Crippen LogP contribution >= 0.6 is 0 Å². The zero-order chi connectivity index (χ0) is 16.8. The molecule has 20 heavy (non-hydrogen) atoms. The first-order chi connectivity index (χ1) is 9.12. The number of carbonyl (C=O) groups is 2. The summed E-state index contributed by atoms with van der Waals surface area (Å²) in [5.74, 6) is 0.0777. The van der Waals surface area contributed by atoms with Gasteiger partial charge >= 0.3 is 12.1 Å². The van der Waals surface area contributed by atoms with E-state index in [4.69, 9.17) is 10.5 Å². The van der Waals surface area contributed by atoms with Crippen LogP contribution in [0, 0.1) is 5.92 Å². The van der Waals surface area contributed by atoms with Crippen molar-refractivity contribution in [2.24, 2.45) is 11.7 Å². The van der Waals surface area contributed by atoms with E-state index in [2.05, 4.69) is 11.3 Å². The molecule has 5 heteroatoms. The van der Waals surface area contributed by atoms with Crippen LogP contribution < -0.4 is 5.73 Å². The summed E-state index contributed by atoms with van der Waals surface area (Å²) < 4.78 is 9.30. The van der Waals surface area contributed by atoms with Crippen molar-refractivity contribution in [2.75, 3.05) is 6.61 Å². The van der Waals surface area contributed by atoms with Gasteiger partial charge in [0.25, 0.3) is 0 Å². The van der Waals surface area contributed by atoms with Crippen LogP contribution in [-0.2, 0) is 14.3 Å². The lowest BCUT2D eigenvalue weighted by atomic mass is 10.1. The standard InChI is InChI=1S/C8H14O2.C5H11NO2.C2H6/c1-4-7(3)6-8(9)10-5-2;1-5(2,3)8-4(6)7;1-2/h4,7H,1,5-6H2,2-3H3;1-3H3,(H2,6,7);1-2H3. The van der Waals surface area contributed by atoms with Gasteiger partial charge in [0.2, 0.25) is 0 Å². The molecule has 0 aliphatic carbocycles. The highest BCUT2D eigenvalue weighted by Crippen LogP contribution is 2.05. The number of nitrogens with two attached hydrogens (primary N) is 1. The van der Waals surface area contributed by atoms with Gasteiger partial charge < -0.3 is 15.2 Å². The third kappa shape index (κ3) is 25.4.